The van der Waals surface area contributed by atoms with E-state index in [0.29, 0.717) is 12.2 Å². The van der Waals surface area contributed by atoms with Gasteiger partial charge in [-0.2, -0.15) is 4.98 Å². The van der Waals surface area contributed by atoms with Gasteiger partial charge in [-0.15, -0.1) is 0 Å². The van der Waals surface area contributed by atoms with Crippen molar-refractivity contribution >= 4 is 18.0 Å². The van der Waals surface area contributed by atoms with Gasteiger partial charge in [0.05, 0.1) is 12.7 Å². The molecule has 1 aliphatic heterocycles. The maximum Gasteiger partial charge on any atom is 0.412 e. The Morgan fingerprint density at radius 1 is 1.37 bits per heavy atom. The number of carbonyl (C=O) groups is 1. The second-order valence-corrected chi connectivity index (χ2v) is 7.49. The lowest BCUT2D eigenvalue weighted by Gasteiger charge is -2.30. The van der Waals surface area contributed by atoms with E-state index in [2.05, 4.69) is 16.9 Å². The number of rotatable bonds is 9. The number of ether oxygens (including phenoxy) is 3. The Morgan fingerprint density at radius 3 is 2.53 bits per heavy atom. The van der Waals surface area contributed by atoms with Crippen molar-refractivity contribution in [3.05, 3.63) is 28.8 Å². The molecule has 0 saturated carbocycles. The summed E-state index contributed by atoms with van der Waals surface area (Å²) in [4.78, 5) is 28.6. The number of aliphatic hydroxyl groups is 2. The zero-order chi connectivity index (χ0) is 22.5. The van der Waals surface area contributed by atoms with Crippen LogP contribution in [0.1, 0.15) is 45.4 Å². The standard InChI is InChI=1S/C20H31N3O7/c1-6-13-9-23(17-15(25)14(24)12(4)30-17)18(26)21-16(13)22-19(27)29-11-20(7-2,8-3)10-28-5/h6,9,12,14-15,17,24-25H,1,7-8,10-11H2,2-5H3,(H,21,22,26,27)/t12-,14-,15-,17-/m1/s1. The van der Waals surface area contributed by atoms with Crippen LogP contribution >= 0.6 is 0 Å². The lowest BCUT2D eigenvalue weighted by Crippen LogP contribution is -2.36. The Labute approximate surface area is 175 Å². The Kier molecular flexibility index (Phi) is 8.13. The van der Waals surface area contributed by atoms with E-state index in [0.717, 1.165) is 17.4 Å². The molecule has 1 aromatic heterocycles. The predicted octanol–water partition coefficient (Wildman–Crippen LogP) is 1.53. The van der Waals surface area contributed by atoms with Gasteiger partial charge in [0.25, 0.3) is 0 Å². The summed E-state index contributed by atoms with van der Waals surface area (Å²) in [6.07, 6.45) is -0.650. The van der Waals surface area contributed by atoms with Crippen molar-refractivity contribution in [1.29, 1.82) is 0 Å². The van der Waals surface area contributed by atoms with Gasteiger partial charge < -0.3 is 24.4 Å². The smallest absolute Gasteiger partial charge is 0.412 e. The molecule has 1 aliphatic rings. The number of nitrogens with one attached hydrogen (secondary N) is 1. The van der Waals surface area contributed by atoms with Gasteiger partial charge in [0.15, 0.2) is 6.23 Å². The first-order valence-corrected chi connectivity index (χ1v) is 9.91. The van der Waals surface area contributed by atoms with Gasteiger partial charge in [-0.05, 0) is 19.8 Å². The average Bonchev–Trinajstić information content (AvgIpc) is 2.98. The maximum atomic E-state index is 12.5. The number of aliphatic hydroxyl groups excluding tert-OH is 2. The molecular formula is C20H31N3O7. The van der Waals surface area contributed by atoms with E-state index in [1.807, 2.05) is 13.8 Å². The fourth-order valence-electron chi connectivity index (χ4n) is 3.33. The first-order valence-electron chi connectivity index (χ1n) is 9.91. The topological polar surface area (TPSA) is 132 Å². The number of hydrogen-bond donors (Lipinski definition) is 3. The van der Waals surface area contributed by atoms with Crippen molar-refractivity contribution in [2.24, 2.45) is 5.41 Å². The van der Waals surface area contributed by atoms with Crippen LogP contribution in [0.5, 0.6) is 0 Å². The number of amides is 1. The molecule has 2 rings (SSSR count). The molecule has 0 bridgehead atoms. The van der Waals surface area contributed by atoms with Crippen LogP contribution in [0.3, 0.4) is 0 Å². The second-order valence-electron chi connectivity index (χ2n) is 7.49. The monoisotopic (exact) mass is 425 g/mol. The van der Waals surface area contributed by atoms with Crippen LogP contribution in [0.25, 0.3) is 6.08 Å². The molecule has 10 nitrogen and oxygen atoms in total. The van der Waals surface area contributed by atoms with Gasteiger partial charge in [-0.3, -0.25) is 9.88 Å². The molecule has 0 radical (unpaired) electrons. The normalized spacial score (nSPS) is 23.9. The Bertz CT molecular complexity index is 806. The summed E-state index contributed by atoms with van der Waals surface area (Å²) < 4.78 is 17.1. The molecule has 10 heteroatoms. The molecule has 168 valence electrons. The number of anilines is 1. The van der Waals surface area contributed by atoms with Crippen molar-refractivity contribution in [1.82, 2.24) is 9.55 Å². The summed E-state index contributed by atoms with van der Waals surface area (Å²) in [5.74, 6) is -0.0253. The Balaban J connectivity index is 2.17. The third-order valence-corrected chi connectivity index (χ3v) is 5.63. The second kappa shape index (κ2) is 10.2. The van der Waals surface area contributed by atoms with Gasteiger partial charge in [-0.1, -0.05) is 26.5 Å². The summed E-state index contributed by atoms with van der Waals surface area (Å²) in [6.45, 7) is 9.85. The summed E-state index contributed by atoms with van der Waals surface area (Å²) in [6, 6.07) is 0. The molecule has 0 aromatic carbocycles. The minimum absolute atomic E-state index is 0.0253. The molecule has 3 N–H and O–H groups in total. The largest absolute Gasteiger partial charge is 0.449 e. The number of hydrogen-bond acceptors (Lipinski definition) is 8. The van der Waals surface area contributed by atoms with Crippen LogP contribution in [0.2, 0.25) is 0 Å². The summed E-state index contributed by atoms with van der Waals surface area (Å²) in [7, 11) is 1.60. The highest BCUT2D eigenvalue weighted by atomic mass is 16.6. The molecule has 2 heterocycles. The fourth-order valence-corrected chi connectivity index (χ4v) is 3.33. The Morgan fingerprint density at radius 2 is 2.03 bits per heavy atom. The van der Waals surface area contributed by atoms with E-state index < -0.39 is 36.3 Å². The molecule has 30 heavy (non-hydrogen) atoms. The van der Waals surface area contributed by atoms with Gasteiger partial charge in [0.1, 0.15) is 24.6 Å². The van der Waals surface area contributed by atoms with E-state index in [4.69, 9.17) is 14.2 Å². The first-order chi connectivity index (χ1) is 14.2. The lowest BCUT2D eigenvalue weighted by atomic mass is 9.84. The van der Waals surface area contributed by atoms with E-state index in [1.165, 1.54) is 12.3 Å². The molecular weight excluding hydrogens is 394 g/mol. The van der Waals surface area contributed by atoms with E-state index in [-0.39, 0.29) is 17.8 Å². The highest BCUT2D eigenvalue weighted by Crippen LogP contribution is 2.29. The van der Waals surface area contributed by atoms with Crippen molar-refractivity contribution in [3.63, 3.8) is 0 Å². The van der Waals surface area contributed by atoms with Crippen molar-refractivity contribution in [3.8, 4) is 0 Å². The lowest BCUT2D eigenvalue weighted by molar-refractivity contribution is -0.0350. The van der Waals surface area contributed by atoms with Crippen LogP contribution in [-0.4, -0.2) is 64.5 Å². The minimum atomic E-state index is -1.29. The zero-order valence-electron chi connectivity index (χ0n) is 17.8. The third-order valence-electron chi connectivity index (χ3n) is 5.63. The average molecular weight is 425 g/mol. The van der Waals surface area contributed by atoms with Gasteiger partial charge in [-0.25, -0.2) is 9.59 Å². The SMILES string of the molecule is C=Cc1cn([C@@H]2O[C@H](C)[C@@H](O)[C@H]2O)c(=O)nc1NC(=O)OCC(CC)(CC)COC. The van der Waals surface area contributed by atoms with Crippen LogP contribution in [0.4, 0.5) is 10.6 Å². The highest BCUT2D eigenvalue weighted by Gasteiger charge is 2.42. The van der Waals surface area contributed by atoms with E-state index in [1.54, 1.807) is 14.0 Å². The number of methoxy groups -OCH3 is 1. The Hall–Kier alpha value is -2.27. The molecule has 1 saturated heterocycles. The zero-order valence-corrected chi connectivity index (χ0v) is 17.8. The van der Waals surface area contributed by atoms with Crippen molar-refractivity contribution < 1.29 is 29.2 Å². The first kappa shape index (κ1) is 24.0. The maximum absolute atomic E-state index is 12.5. The quantitative estimate of drug-likeness (QED) is 0.543. The summed E-state index contributed by atoms with van der Waals surface area (Å²) in [5.41, 5.74) is -0.736. The number of aromatic nitrogens is 2. The van der Waals surface area contributed by atoms with Crippen LogP contribution in [0, 0.1) is 5.41 Å². The van der Waals surface area contributed by atoms with Crippen LogP contribution in [-0.2, 0) is 14.2 Å². The molecule has 1 amide bonds. The number of carbonyl (C=O) groups excluding carboxylic acids is 1. The molecule has 0 aliphatic carbocycles. The molecule has 0 spiro atoms. The highest BCUT2D eigenvalue weighted by molar-refractivity contribution is 5.85. The minimum Gasteiger partial charge on any atom is -0.449 e. The van der Waals surface area contributed by atoms with E-state index in [9.17, 15) is 19.8 Å². The fraction of sp³-hybridized carbons (Fsp3) is 0.650. The van der Waals surface area contributed by atoms with Gasteiger partial charge >= 0.3 is 11.8 Å². The van der Waals surface area contributed by atoms with Gasteiger partial charge in [0, 0.05) is 24.3 Å². The third kappa shape index (κ3) is 5.07. The van der Waals surface area contributed by atoms with E-state index >= 15 is 0 Å². The van der Waals surface area contributed by atoms with Crippen molar-refractivity contribution in [2.75, 3.05) is 25.6 Å². The summed E-state index contributed by atoms with van der Waals surface area (Å²) in [5, 5.41) is 22.5. The molecule has 4 atom stereocenters. The molecule has 0 unspecified atom stereocenters. The van der Waals surface area contributed by atoms with Gasteiger partial charge in [0.2, 0.25) is 0 Å². The molecule has 1 aromatic rings. The number of nitrogens with zero attached hydrogens (tertiary/aromatic N) is 2. The predicted molar refractivity (Wildman–Crippen MR) is 110 cm³/mol. The van der Waals surface area contributed by atoms with Crippen LogP contribution < -0.4 is 11.0 Å². The molecule has 1 fully saturated rings. The van der Waals surface area contributed by atoms with Crippen LogP contribution in [0.15, 0.2) is 17.6 Å². The van der Waals surface area contributed by atoms with Crippen molar-refractivity contribution in [2.45, 2.75) is 58.2 Å². The summed E-state index contributed by atoms with van der Waals surface area (Å²) >= 11 is 0.